The monoisotopic (exact) mass is 333 g/mol. The Hall–Kier alpha value is -0.410. The van der Waals surface area contributed by atoms with Gasteiger partial charge in [-0.05, 0) is 80.5 Å². The Labute approximate surface area is 147 Å². The molecule has 4 aliphatic carbocycles. The number of ether oxygens (including phenoxy) is 1. The summed E-state index contributed by atoms with van der Waals surface area (Å²) in [5.74, 6) is 3.70. The summed E-state index contributed by atoms with van der Waals surface area (Å²) in [5.41, 5.74) is 6.12. The Morgan fingerprint density at radius 3 is 2.71 bits per heavy atom. The van der Waals surface area contributed by atoms with Crippen LogP contribution in [0.4, 0.5) is 0 Å². The van der Waals surface area contributed by atoms with Gasteiger partial charge in [0, 0.05) is 18.4 Å². The Bertz CT molecular complexity index is 506. The van der Waals surface area contributed by atoms with Crippen molar-refractivity contribution in [2.75, 3.05) is 13.2 Å². The lowest BCUT2D eigenvalue weighted by Gasteiger charge is -2.60. The molecule has 4 aliphatic rings. The summed E-state index contributed by atoms with van der Waals surface area (Å²) in [7, 11) is 0. The minimum absolute atomic E-state index is 0.0196. The third kappa shape index (κ3) is 2.41. The lowest BCUT2D eigenvalue weighted by molar-refractivity contribution is -0.144. The van der Waals surface area contributed by atoms with Crippen molar-refractivity contribution in [2.45, 2.75) is 77.7 Å². The lowest BCUT2D eigenvalue weighted by Crippen LogP contribution is -2.54. The average molecular weight is 334 g/mol. The van der Waals surface area contributed by atoms with Crippen molar-refractivity contribution in [3.63, 3.8) is 0 Å². The van der Waals surface area contributed by atoms with Crippen LogP contribution in [0, 0.1) is 34.5 Å². The zero-order chi connectivity index (χ0) is 16.9. The molecule has 0 aromatic rings. The number of nitrogens with two attached hydrogens (primary N) is 1. The van der Waals surface area contributed by atoms with Crippen LogP contribution in [0.5, 0.6) is 0 Å². The van der Waals surface area contributed by atoms with Crippen LogP contribution in [-0.2, 0) is 9.53 Å². The largest absolute Gasteiger partial charge is 0.377 e. The highest BCUT2D eigenvalue weighted by molar-refractivity contribution is 5.87. The molecule has 0 amide bonds. The maximum atomic E-state index is 12.5. The molecule has 2 N–H and O–H groups in total. The van der Waals surface area contributed by atoms with Crippen molar-refractivity contribution in [1.82, 2.24) is 0 Å². The summed E-state index contributed by atoms with van der Waals surface area (Å²) >= 11 is 0. The predicted octanol–water partition coefficient (Wildman–Crippen LogP) is 3.94. The molecule has 0 saturated heterocycles. The van der Waals surface area contributed by atoms with E-state index in [-0.39, 0.29) is 5.41 Å². The Kier molecular flexibility index (Phi) is 4.32. The van der Waals surface area contributed by atoms with E-state index in [1.807, 2.05) is 0 Å². The molecule has 0 spiro atoms. The van der Waals surface area contributed by atoms with Crippen LogP contribution in [0.25, 0.3) is 0 Å². The Morgan fingerprint density at radius 1 is 1.08 bits per heavy atom. The molecule has 4 saturated carbocycles. The van der Waals surface area contributed by atoms with Gasteiger partial charge in [0.15, 0.2) is 0 Å². The van der Waals surface area contributed by atoms with Gasteiger partial charge >= 0.3 is 0 Å². The Balaban J connectivity index is 1.51. The van der Waals surface area contributed by atoms with Crippen LogP contribution in [-0.4, -0.2) is 25.0 Å². The highest BCUT2D eigenvalue weighted by Gasteiger charge is 2.60. The number of carbonyl (C=O) groups excluding carboxylic acids is 1. The van der Waals surface area contributed by atoms with Gasteiger partial charge in [0.25, 0.3) is 0 Å². The van der Waals surface area contributed by atoms with Crippen LogP contribution >= 0.6 is 0 Å². The van der Waals surface area contributed by atoms with E-state index in [9.17, 15) is 4.79 Å². The van der Waals surface area contributed by atoms with Gasteiger partial charge in [0.2, 0.25) is 0 Å². The van der Waals surface area contributed by atoms with Crippen molar-refractivity contribution in [3.8, 4) is 0 Å². The maximum Gasteiger partial charge on any atom is 0.139 e. The zero-order valence-electron chi connectivity index (χ0n) is 15.6. The highest BCUT2D eigenvalue weighted by atomic mass is 16.5. The number of fused-ring (bicyclic) bond motifs is 5. The first-order valence-electron chi connectivity index (χ1n) is 10.3. The standard InChI is InChI=1S/C21H35NO2/c1-20-9-7-15(24-12-11-22)13-14(20)3-4-16-17-5-6-19(23)21(17,2)10-8-18(16)20/h14-18H,3-13,22H2,1-2H3. The van der Waals surface area contributed by atoms with E-state index in [2.05, 4.69) is 13.8 Å². The van der Waals surface area contributed by atoms with E-state index in [1.54, 1.807) is 0 Å². The van der Waals surface area contributed by atoms with Gasteiger partial charge < -0.3 is 10.5 Å². The number of ketones is 1. The van der Waals surface area contributed by atoms with Gasteiger partial charge in [-0.2, -0.15) is 0 Å². The third-order valence-electron chi connectivity index (χ3n) is 8.80. The number of hydrogen-bond donors (Lipinski definition) is 1. The first kappa shape index (κ1) is 17.0. The lowest BCUT2D eigenvalue weighted by atomic mass is 9.45. The first-order valence-corrected chi connectivity index (χ1v) is 10.3. The summed E-state index contributed by atoms with van der Waals surface area (Å²) in [6.45, 7) is 6.21. The highest BCUT2D eigenvalue weighted by Crippen LogP contribution is 2.65. The normalized spacial score (nSPS) is 51.0. The molecular formula is C21H35NO2. The van der Waals surface area contributed by atoms with E-state index >= 15 is 0 Å². The van der Waals surface area contributed by atoms with E-state index in [1.165, 1.54) is 44.9 Å². The summed E-state index contributed by atoms with van der Waals surface area (Å²) in [4.78, 5) is 12.5. The van der Waals surface area contributed by atoms with Gasteiger partial charge in [-0.25, -0.2) is 0 Å². The van der Waals surface area contributed by atoms with Gasteiger partial charge in [0.1, 0.15) is 5.78 Å². The maximum absolute atomic E-state index is 12.5. The molecular weight excluding hydrogens is 298 g/mol. The molecule has 136 valence electrons. The van der Waals surface area contributed by atoms with E-state index in [4.69, 9.17) is 10.5 Å². The molecule has 24 heavy (non-hydrogen) atoms. The summed E-state index contributed by atoms with van der Waals surface area (Å²) < 4.78 is 5.99. The van der Waals surface area contributed by atoms with Gasteiger partial charge in [-0.3, -0.25) is 4.79 Å². The molecule has 4 fully saturated rings. The minimum atomic E-state index is 0.0196. The minimum Gasteiger partial charge on any atom is -0.377 e. The fourth-order valence-electron chi connectivity index (χ4n) is 7.38. The van der Waals surface area contributed by atoms with E-state index in [0.29, 0.717) is 36.4 Å². The van der Waals surface area contributed by atoms with Crippen LogP contribution < -0.4 is 5.73 Å². The molecule has 0 bridgehead atoms. The second kappa shape index (κ2) is 6.09. The SMILES string of the molecule is CC12CCC3C(CCC4CC(OCCN)CCC43C)C1CCC2=O. The number of Topliss-reactive ketones (excluding diaryl/α,β-unsaturated/α-hetero) is 1. The van der Waals surface area contributed by atoms with E-state index < -0.39 is 0 Å². The van der Waals surface area contributed by atoms with Crippen molar-refractivity contribution in [2.24, 2.45) is 40.2 Å². The zero-order valence-corrected chi connectivity index (χ0v) is 15.6. The molecule has 3 nitrogen and oxygen atoms in total. The Morgan fingerprint density at radius 2 is 1.92 bits per heavy atom. The molecule has 4 rings (SSSR count). The van der Waals surface area contributed by atoms with Gasteiger partial charge in [-0.1, -0.05) is 13.8 Å². The molecule has 3 heteroatoms. The predicted molar refractivity (Wildman–Crippen MR) is 95.5 cm³/mol. The molecule has 0 aliphatic heterocycles. The number of hydrogen-bond acceptors (Lipinski definition) is 3. The van der Waals surface area contributed by atoms with Crippen LogP contribution in [0.15, 0.2) is 0 Å². The fourth-order valence-corrected chi connectivity index (χ4v) is 7.38. The van der Waals surface area contributed by atoms with Gasteiger partial charge in [-0.15, -0.1) is 0 Å². The van der Waals surface area contributed by atoms with Crippen LogP contribution in [0.1, 0.15) is 71.6 Å². The van der Waals surface area contributed by atoms with Crippen molar-refractivity contribution in [3.05, 3.63) is 0 Å². The first-order chi connectivity index (χ1) is 11.5. The third-order valence-corrected chi connectivity index (χ3v) is 8.80. The molecule has 7 unspecified atom stereocenters. The second-order valence-corrected chi connectivity index (χ2v) is 9.63. The summed E-state index contributed by atoms with van der Waals surface area (Å²) in [5, 5.41) is 0. The van der Waals surface area contributed by atoms with Crippen molar-refractivity contribution < 1.29 is 9.53 Å². The van der Waals surface area contributed by atoms with Crippen molar-refractivity contribution >= 4 is 5.78 Å². The number of rotatable bonds is 3. The van der Waals surface area contributed by atoms with Crippen molar-refractivity contribution in [1.29, 1.82) is 0 Å². The molecule has 0 heterocycles. The second-order valence-electron chi connectivity index (χ2n) is 9.63. The van der Waals surface area contributed by atoms with E-state index in [0.717, 1.165) is 30.6 Å². The molecule has 0 aromatic heterocycles. The van der Waals surface area contributed by atoms with Crippen LogP contribution in [0.3, 0.4) is 0 Å². The fraction of sp³-hybridized carbons (Fsp3) is 0.952. The quantitative estimate of drug-likeness (QED) is 0.851. The molecule has 7 atom stereocenters. The summed E-state index contributed by atoms with van der Waals surface area (Å²) in [6, 6.07) is 0. The average Bonchev–Trinajstić information content (AvgIpc) is 2.88. The molecule has 0 radical (unpaired) electrons. The summed E-state index contributed by atoms with van der Waals surface area (Å²) in [6.07, 6.45) is 11.3. The number of carbonyl (C=O) groups is 1. The molecule has 0 aromatic carbocycles. The smallest absolute Gasteiger partial charge is 0.139 e. The van der Waals surface area contributed by atoms with Gasteiger partial charge in [0.05, 0.1) is 12.7 Å². The van der Waals surface area contributed by atoms with Crippen LogP contribution in [0.2, 0.25) is 0 Å². The topological polar surface area (TPSA) is 52.3 Å².